The molecule has 0 bridgehead atoms. The van der Waals surface area contributed by atoms with Crippen molar-refractivity contribution < 1.29 is 9.84 Å². The molecule has 5 heteroatoms. The number of nitrogens with one attached hydrogen (secondary N) is 1. The van der Waals surface area contributed by atoms with E-state index < -0.39 is 0 Å². The molecule has 1 atom stereocenters. The average molecular weight is 409 g/mol. The molecule has 0 saturated carbocycles. The predicted molar refractivity (Wildman–Crippen MR) is 90.1 cm³/mol. The average Bonchev–Trinajstić information content (AvgIpc) is 2.37. The van der Waals surface area contributed by atoms with Crippen molar-refractivity contribution >= 4 is 31.9 Å². The number of ether oxygens (including phenoxy) is 1. The molecule has 0 fully saturated rings. The van der Waals surface area contributed by atoms with Crippen LogP contribution in [-0.2, 0) is 6.54 Å². The Balaban J connectivity index is 2.66. The van der Waals surface area contributed by atoms with Crippen LogP contribution in [0.4, 0.5) is 0 Å². The van der Waals surface area contributed by atoms with Crippen molar-refractivity contribution in [2.45, 2.75) is 27.3 Å². The SMILES string of the molecule is CC(C)CNCc1cc(Br)c(OCC(C)CO)c(Br)c1. The van der Waals surface area contributed by atoms with E-state index in [1.807, 2.05) is 6.92 Å². The third-order valence-electron chi connectivity index (χ3n) is 2.76. The molecule has 0 aromatic heterocycles. The second-order valence-corrected chi connectivity index (χ2v) is 7.22. The van der Waals surface area contributed by atoms with Crippen molar-refractivity contribution in [1.29, 1.82) is 0 Å². The normalized spacial score (nSPS) is 12.8. The summed E-state index contributed by atoms with van der Waals surface area (Å²) < 4.78 is 7.60. The molecule has 0 spiro atoms. The molecule has 1 unspecified atom stereocenters. The molecule has 0 aliphatic rings. The minimum Gasteiger partial charge on any atom is -0.491 e. The third kappa shape index (κ3) is 6.12. The van der Waals surface area contributed by atoms with Crippen LogP contribution in [0.15, 0.2) is 21.1 Å². The van der Waals surface area contributed by atoms with Crippen LogP contribution in [0.3, 0.4) is 0 Å². The molecule has 3 nitrogen and oxygen atoms in total. The standard InChI is InChI=1S/C15H23Br2NO2/c1-10(2)6-18-7-12-4-13(16)15(14(17)5-12)20-9-11(3)8-19/h4-5,10-11,18-19H,6-9H2,1-3H3. The van der Waals surface area contributed by atoms with E-state index in [2.05, 4.69) is 63.2 Å². The third-order valence-corrected chi connectivity index (χ3v) is 3.94. The van der Waals surface area contributed by atoms with Gasteiger partial charge in [-0.1, -0.05) is 20.8 Å². The molecule has 0 heterocycles. The van der Waals surface area contributed by atoms with Crippen LogP contribution in [0.5, 0.6) is 5.75 Å². The van der Waals surface area contributed by atoms with Gasteiger partial charge in [0.15, 0.2) is 0 Å². The number of benzene rings is 1. The zero-order chi connectivity index (χ0) is 15.1. The van der Waals surface area contributed by atoms with Crippen molar-refractivity contribution in [3.63, 3.8) is 0 Å². The summed E-state index contributed by atoms with van der Waals surface area (Å²) in [6, 6.07) is 4.13. The topological polar surface area (TPSA) is 41.5 Å². The first-order chi connectivity index (χ1) is 9.43. The summed E-state index contributed by atoms with van der Waals surface area (Å²) >= 11 is 7.09. The molecule has 0 saturated heterocycles. The fourth-order valence-electron chi connectivity index (χ4n) is 1.64. The lowest BCUT2D eigenvalue weighted by atomic mass is 10.2. The molecule has 1 aromatic rings. The van der Waals surface area contributed by atoms with Crippen molar-refractivity contribution in [2.24, 2.45) is 11.8 Å². The van der Waals surface area contributed by atoms with Crippen LogP contribution in [-0.4, -0.2) is 24.9 Å². The zero-order valence-electron chi connectivity index (χ0n) is 12.2. The number of hydrogen-bond acceptors (Lipinski definition) is 3. The molecule has 0 aliphatic carbocycles. The Morgan fingerprint density at radius 1 is 1.20 bits per heavy atom. The summed E-state index contributed by atoms with van der Waals surface area (Å²) in [5.74, 6) is 1.56. The maximum atomic E-state index is 9.03. The first kappa shape index (κ1) is 18.0. The van der Waals surface area contributed by atoms with Crippen molar-refractivity contribution in [3.8, 4) is 5.75 Å². The van der Waals surface area contributed by atoms with E-state index in [-0.39, 0.29) is 12.5 Å². The Bertz CT molecular complexity index is 401. The first-order valence-corrected chi connectivity index (χ1v) is 8.45. The van der Waals surface area contributed by atoms with Gasteiger partial charge in [0.1, 0.15) is 5.75 Å². The zero-order valence-corrected chi connectivity index (χ0v) is 15.4. The Labute approximate surface area is 138 Å². The lowest BCUT2D eigenvalue weighted by Crippen LogP contribution is -2.19. The smallest absolute Gasteiger partial charge is 0.147 e. The lowest BCUT2D eigenvalue weighted by molar-refractivity contribution is 0.173. The lowest BCUT2D eigenvalue weighted by Gasteiger charge is -2.15. The quantitative estimate of drug-likeness (QED) is 0.683. The van der Waals surface area contributed by atoms with Gasteiger partial charge in [0.25, 0.3) is 0 Å². The van der Waals surface area contributed by atoms with E-state index in [0.29, 0.717) is 12.5 Å². The summed E-state index contributed by atoms with van der Waals surface area (Å²) in [5, 5.41) is 12.4. The molecule has 0 radical (unpaired) electrons. The number of aliphatic hydroxyl groups is 1. The number of halogens is 2. The van der Waals surface area contributed by atoms with Gasteiger partial charge in [-0.3, -0.25) is 0 Å². The van der Waals surface area contributed by atoms with E-state index in [4.69, 9.17) is 9.84 Å². The van der Waals surface area contributed by atoms with Crippen LogP contribution in [0, 0.1) is 11.8 Å². The maximum Gasteiger partial charge on any atom is 0.147 e. The molecule has 0 amide bonds. The Hall–Kier alpha value is -0.100. The van der Waals surface area contributed by atoms with Crippen LogP contribution in [0.25, 0.3) is 0 Å². The highest BCUT2D eigenvalue weighted by Crippen LogP contribution is 2.35. The van der Waals surface area contributed by atoms with Crippen molar-refractivity contribution in [1.82, 2.24) is 5.32 Å². The summed E-state index contributed by atoms with van der Waals surface area (Å²) in [6.45, 7) is 8.80. The monoisotopic (exact) mass is 407 g/mol. The highest BCUT2D eigenvalue weighted by Gasteiger charge is 2.11. The van der Waals surface area contributed by atoms with Gasteiger partial charge in [-0.2, -0.15) is 0 Å². The molecule has 1 aromatic carbocycles. The molecular weight excluding hydrogens is 386 g/mol. The second kappa shape index (κ2) is 9.03. The van der Waals surface area contributed by atoms with Gasteiger partial charge in [-0.15, -0.1) is 0 Å². The van der Waals surface area contributed by atoms with Crippen LogP contribution < -0.4 is 10.1 Å². The summed E-state index contributed by atoms with van der Waals surface area (Å²) in [5.41, 5.74) is 1.20. The maximum absolute atomic E-state index is 9.03. The van der Waals surface area contributed by atoms with E-state index in [9.17, 15) is 0 Å². The fraction of sp³-hybridized carbons (Fsp3) is 0.600. The first-order valence-electron chi connectivity index (χ1n) is 6.86. The molecule has 20 heavy (non-hydrogen) atoms. The van der Waals surface area contributed by atoms with Gasteiger partial charge in [-0.25, -0.2) is 0 Å². The van der Waals surface area contributed by atoms with Crippen molar-refractivity contribution in [3.05, 3.63) is 26.6 Å². The Morgan fingerprint density at radius 3 is 2.30 bits per heavy atom. The van der Waals surface area contributed by atoms with Crippen LogP contribution in [0.2, 0.25) is 0 Å². The van der Waals surface area contributed by atoms with Gasteiger partial charge < -0.3 is 15.2 Å². The predicted octanol–water partition coefficient (Wildman–Crippen LogP) is 3.96. The summed E-state index contributed by atoms with van der Waals surface area (Å²) in [6.07, 6.45) is 0. The van der Waals surface area contributed by atoms with E-state index >= 15 is 0 Å². The van der Waals surface area contributed by atoms with Crippen LogP contribution >= 0.6 is 31.9 Å². The minimum atomic E-state index is 0.126. The highest BCUT2D eigenvalue weighted by molar-refractivity contribution is 9.11. The molecule has 114 valence electrons. The number of hydrogen-bond donors (Lipinski definition) is 2. The molecule has 1 rings (SSSR count). The van der Waals surface area contributed by atoms with Crippen LogP contribution in [0.1, 0.15) is 26.3 Å². The van der Waals surface area contributed by atoms with E-state index in [0.717, 1.165) is 27.8 Å². The van der Waals surface area contributed by atoms with Gasteiger partial charge in [-0.05, 0) is 62.0 Å². The molecular formula is C15H23Br2NO2. The molecule has 0 aliphatic heterocycles. The van der Waals surface area contributed by atoms with E-state index in [1.54, 1.807) is 0 Å². The number of rotatable bonds is 8. The molecule has 2 N–H and O–H groups in total. The van der Waals surface area contributed by atoms with E-state index in [1.165, 1.54) is 5.56 Å². The number of aliphatic hydroxyl groups excluding tert-OH is 1. The van der Waals surface area contributed by atoms with Gasteiger partial charge >= 0.3 is 0 Å². The summed E-state index contributed by atoms with van der Waals surface area (Å²) in [7, 11) is 0. The Kier molecular flexibility index (Phi) is 8.10. The fourth-order valence-corrected chi connectivity index (χ4v) is 3.15. The van der Waals surface area contributed by atoms with Crippen molar-refractivity contribution in [2.75, 3.05) is 19.8 Å². The Morgan fingerprint density at radius 2 is 1.80 bits per heavy atom. The largest absolute Gasteiger partial charge is 0.491 e. The summed E-state index contributed by atoms with van der Waals surface area (Å²) in [4.78, 5) is 0. The second-order valence-electron chi connectivity index (χ2n) is 5.51. The van der Waals surface area contributed by atoms with Gasteiger partial charge in [0, 0.05) is 19.1 Å². The highest BCUT2D eigenvalue weighted by atomic mass is 79.9. The van der Waals surface area contributed by atoms with Gasteiger partial charge in [0.05, 0.1) is 15.6 Å². The van der Waals surface area contributed by atoms with Gasteiger partial charge in [0.2, 0.25) is 0 Å². The minimum absolute atomic E-state index is 0.126.